The Morgan fingerprint density at radius 3 is 2.21 bits per heavy atom. The molecule has 3 aromatic rings. The van der Waals surface area contributed by atoms with Crippen LogP contribution in [-0.2, 0) is 40.2 Å². The number of carboxylic acid groups (broad SMARTS) is 1. The molecule has 3 atom stereocenters. The van der Waals surface area contributed by atoms with E-state index in [2.05, 4.69) is 20.9 Å². The molecule has 0 saturated carbocycles. The van der Waals surface area contributed by atoms with E-state index in [1.807, 2.05) is 0 Å². The van der Waals surface area contributed by atoms with Gasteiger partial charge in [-0.1, -0.05) is 35.5 Å². The number of aliphatic carboxylic acids is 1. The van der Waals surface area contributed by atoms with Crippen molar-refractivity contribution in [2.45, 2.75) is 61.5 Å². The summed E-state index contributed by atoms with van der Waals surface area (Å²) in [5.74, 6) is -2.34. The first-order valence-electron chi connectivity index (χ1n) is 19.4. The van der Waals surface area contributed by atoms with Crippen LogP contribution >= 0.6 is 0 Å². The highest BCUT2D eigenvalue weighted by Crippen LogP contribution is 2.32. The van der Waals surface area contributed by atoms with E-state index < -0.39 is 52.0 Å². The standard InChI is InChI=1S/C38H52N8O11S/c39-14-6-18-54-20-22-56-23-21-55-19-7-15-40-35(47)33-27-45(43-42-33)29-25-34(46(26-29)58(52,53)31-8-2-1-3-9-31)36(48)41-32(37(49)50)24-28-10-12-30(13-11-28)57-38(51)44-16-4-5-17-44/h1-3,8-13,27,29,32,34H,4-7,14-26,39H2,(H,40,47)(H,41,48)(H,49,50)/t29-,32-,34+/m1/s1. The third kappa shape index (κ3) is 12.8. The van der Waals surface area contributed by atoms with Crippen molar-refractivity contribution in [3.63, 3.8) is 0 Å². The number of nitrogens with zero attached hydrogens (tertiary/aromatic N) is 5. The monoisotopic (exact) mass is 828 g/mol. The summed E-state index contributed by atoms with van der Waals surface area (Å²) < 4.78 is 51.9. The van der Waals surface area contributed by atoms with Crippen LogP contribution in [0.4, 0.5) is 4.79 Å². The maximum absolute atomic E-state index is 13.9. The molecule has 2 aromatic carbocycles. The fourth-order valence-corrected chi connectivity index (χ4v) is 8.08. The highest BCUT2D eigenvalue weighted by atomic mass is 32.2. The summed E-state index contributed by atoms with van der Waals surface area (Å²) >= 11 is 0. The average Bonchev–Trinajstić information content (AvgIpc) is 4.03. The van der Waals surface area contributed by atoms with Crippen LogP contribution in [0.3, 0.4) is 0 Å². The molecule has 2 fully saturated rings. The molecular formula is C38H52N8O11S. The quantitative estimate of drug-likeness (QED) is 0.0982. The van der Waals surface area contributed by atoms with Crippen molar-refractivity contribution in [2.75, 3.05) is 72.4 Å². The predicted molar refractivity (Wildman–Crippen MR) is 207 cm³/mol. The molecule has 2 saturated heterocycles. The highest BCUT2D eigenvalue weighted by molar-refractivity contribution is 7.89. The van der Waals surface area contributed by atoms with E-state index in [-0.39, 0.29) is 30.0 Å². The minimum atomic E-state index is -4.24. The van der Waals surface area contributed by atoms with Gasteiger partial charge in [-0.25, -0.2) is 22.7 Å². The molecule has 5 N–H and O–H groups in total. The molecule has 1 aromatic heterocycles. The maximum atomic E-state index is 13.9. The molecule has 0 unspecified atom stereocenters. The lowest BCUT2D eigenvalue weighted by Crippen LogP contribution is -2.51. The van der Waals surface area contributed by atoms with Crippen LogP contribution in [-0.4, -0.2) is 146 Å². The van der Waals surface area contributed by atoms with Gasteiger partial charge in [0.15, 0.2) is 5.69 Å². The number of nitrogens with two attached hydrogens (primary N) is 1. The summed E-state index contributed by atoms with van der Waals surface area (Å²) in [5.41, 5.74) is 5.95. The maximum Gasteiger partial charge on any atom is 0.415 e. The molecule has 19 nitrogen and oxygen atoms in total. The molecule has 0 radical (unpaired) electrons. The molecule has 0 aliphatic carbocycles. The predicted octanol–water partition coefficient (Wildman–Crippen LogP) is 1.21. The second-order valence-electron chi connectivity index (χ2n) is 13.8. The van der Waals surface area contributed by atoms with Crippen LogP contribution in [0.2, 0.25) is 0 Å². The first kappa shape index (κ1) is 44.1. The van der Waals surface area contributed by atoms with Crippen molar-refractivity contribution in [1.29, 1.82) is 0 Å². The Morgan fingerprint density at radius 2 is 1.55 bits per heavy atom. The number of benzene rings is 2. The number of ether oxygens (including phenoxy) is 4. The Balaban J connectivity index is 1.15. The van der Waals surface area contributed by atoms with E-state index >= 15 is 0 Å². The van der Waals surface area contributed by atoms with Crippen molar-refractivity contribution < 1.29 is 51.6 Å². The minimum Gasteiger partial charge on any atom is -0.480 e. The largest absolute Gasteiger partial charge is 0.480 e. The summed E-state index contributed by atoms with van der Waals surface area (Å²) in [6.45, 7) is 4.71. The summed E-state index contributed by atoms with van der Waals surface area (Å²) in [6, 6.07) is 10.4. The number of hydrogen-bond donors (Lipinski definition) is 4. The number of rotatable bonds is 23. The van der Waals surface area contributed by atoms with Crippen molar-refractivity contribution in [1.82, 2.24) is 34.8 Å². The van der Waals surface area contributed by atoms with Gasteiger partial charge >= 0.3 is 12.1 Å². The second kappa shape index (κ2) is 22.2. The first-order valence-corrected chi connectivity index (χ1v) is 20.8. The van der Waals surface area contributed by atoms with Crippen LogP contribution in [0.5, 0.6) is 5.75 Å². The Labute approximate surface area is 337 Å². The molecule has 2 aliphatic rings. The third-order valence-corrected chi connectivity index (χ3v) is 11.4. The van der Waals surface area contributed by atoms with Crippen molar-refractivity contribution >= 4 is 33.9 Å². The number of amides is 3. The molecule has 3 amide bonds. The van der Waals surface area contributed by atoms with Gasteiger partial charge in [0.1, 0.15) is 17.8 Å². The molecule has 20 heteroatoms. The van der Waals surface area contributed by atoms with Crippen LogP contribution in [0.25, 0.3) is 0 Å². The fraction of sp³-hybridized carbons (Fsp3) is 0.526. The van der Waals surface area contributed by atoms with Gasteiger partial charge in [0.25, 0.3) is 5.91 Å². The van der Waals surface area contributed by atoms with E-state index in [0.717, 1.165) is 23.6 Å². The Bertz CT molecular complexity index is 1890. The second-order valence-corrected chi connectivity index (χ2v) is 15.7. The zero-order valence-corrected chi connectivity index (χ0v) is 33.1. The number of nitrogens with one attached hydrogen (secondary N) is 2. The third-order valence-electron chi connectivity index (χ3n) is 9.54. The van der Waals surface area contributed by atoms with E-state index in [1.54, 1.807) is 47.4 Å². The van der Waals surface area contributed by atoms with Crippen LogP contribution < -0.4 is 21.1 Å². The average molecular weight is 829 g/mol. The highest BCUT2D eigenvalue weighted by Gasteiger charge is 2.46. The summed E-state index contributed by atoms with van der Waals surface area (Å²) in [4.78, 5) is 53.0. The molecule has 316 valence electrons. The van der Waals surface area contributed by atoms with Gasteiger partial charge in [-0.05, 0) is 68.5 Å². The molecule has 2 aliphatic heterocycles. The fourth-order valence-electron chi connectivity index (χ4n) is 6.42. The van der Waals surface area contributed by atoms with Crippen LogP contribution in [0.15, 0.2) is 65.7 Å². The summed E-state index contributed by atoms with van der Waals surface area (Å²) in [5, 5.41) is 23.4. The van der Waals surface area contributed by atoms with E-state index in [0.29, 0.717) is 83.6 Å². The SMILES string of the molecule is NCCCOCCOCCOCCCNC(=O)c1cn([C@@H]2C[C@@H](C(=O)N[C@H](Cc3ccc(OC(=O)N4CCCC4)cc3)C(=O)O)N(S(=O)(=O)c3ccccc3)C2)nn1. The number of carboxylic acids is 1. The zero-order valence-electron chi connectivity index (χ0n) is 32.3. The van der Waals surface area contributed by atoms with Gasteiger partial charge in [-0.2, -0.15) is 4.31 Å². The first-order chi connectivity index (χ1) is 28.1. The van der Waals surface area contributed by atoms with E-state index in [4.69, 9.17) is 24.7 Å². The van der Waals surface area contributed by atoms with Crippen molar-refractivity contribution in [2.24, 2.45) is 5.73 Å². The van der Waals surface area contributed by atoms with E-state index in [9.17, 15) is 32.7 Å². The minimum absolute atomic E-state index is 0.00358. The summed E-state index contributed by atoms with van der Waals surface area (Å²) in [6.07, 6.45) is 3.89. The lowest BCUT2D eigenvalue weighted by atomic mass is 10.0. The zero-order chi connectivity index (χ0) is 41.3. The van der Waals surface area contributed by atoms with Gasteiger partial charge in [-0.3, -0.25) is 9.59 Å². The number of likely N-dealkylation sites (tertiary alicyclic amines) is 1. The van der Waals surface area contributed by atoms with Gasteiger partial charge < -0.3 is 45.3 Å². The topological polar surface area (TPSA) is 247 Å². The molecule has 5 rings (SSSR count). The van der Waals surface area contributed by atoms with Gasteiger partial charge in [0.2, 0.25) is 15.9 Å². The number of carbonyl (C=O) groups excluding carboxylic acids is 3. The number of sulfonamides is 1. The van der Waals surface area contributed by atoms with E-state index in [1.165, 1.54) is 23.0 Å². The van der Waals surface area contributed by atoms with Gasteiger partial charge in [-0.15, -0.1) is 5.10 Å². The molecule has 58 heavy (non-hydrogen) atoms. The Morgan fingerprint density at radius 1 is 0.897 bits per heavy atom. The van der Waals surface area contributed by atoms with Gasteiger partial charge in [0.05, 0.1) is 43.6 Å². The normalized spacial score (nSPS) is 17.6. The summed E-state index contributed by atoms with van der Waals surface area (Å²) in [7, 11) is -4.24. The van der Waals surface area contributed by atoms with Gasteiger partial charge in [0, 0.05) is 45.8 Å². The Hall–Kier alpha value is -4.99. The lowest BCUT2D eigenvalue weighted by Gasteiger charge is -2.25. The van der Waals surface area contributed by atoms with Crippen molar-refractivity contribution in [3.05, 3.63) is 72.1 Å². The number of hydrogen-bond acceptors (Lipinski definition) is 13. The Kier molecular flexibility index (Phi) is 16.9. The molecular weight excluding hydrogens is 777 g/mol. The van der Waals surface area contributed by atoms with Crippen molar-refractivity contribution in [3.8, 4) is 5.75 Å². The number of carbonyl (C=O) groups is 4. The van der Waals surface area contributed by atoms with Crippen LogP contribution in [0, 0.1) is 0 Å². The molecule has 3 heterocycles. The molecule has 0 spiro atoms. The smallest absolute Gasteiger partial charge is 0.415 e. The molecule has 0 bridgehead atoms. The lowest BCUT2D eigenvalue weighted by molar-refractivity contribution is -0.142. The number of aromatic nitrogens is 3. The van der Waals surface area contributed by atoms with Crippen LogP contribution in [0.1, 0.15) is 54.2 Å².